The Morgan fingerprint density at radius 3 is 2.94 bits per heavy atom. The van der Waals surface area contributed by atoms with Crippen LogP contribution in [0.3, 0.4) is 0 Å². The molecule has 0 amide bonds. The van der Waals surface area contributed by atoms with Crippen LogP contribution in [0.25, 0.3) is 0 Å². The number of rotatable bonds is 6. The Hall–Kier alpha value is -2.11. The predicted octanol–water partition coefficient (Wildman–Crippen LogP) is 1.64. The summed E-state index contributed by atoms with van der Waals surface area (Å²) in [5, 5.41) is 14.4. The van der Waals surface area contributed by atoms with Crippen LogP contribution in [0.15, 0.2) is 24.7 Å². The fraction of sp³-hybridized carbons (Fsp3) is 0.417. The Kier molecular flexibility index (Phi) is 4.11. The van der Waals surface area contributed by atoms with Crippen LogP contribution in [0.2, 0.25) is 0 Å². The second-order valence-electron chi connectivity index (χ2n) is 4.07. The van der Waals surface area contributed by atoms with E-state index in [1.807, 2.05) is 23.7 Å². The lowest BCUT2D eigenvalue weighted by molar-refractivity contribution is 0.812. The minimum atomic E-state index is 0.647. The van der Waals surface area contributed by atoms with Crippen molar-refractivity contribution in [2.45, 2.75) is 19.9 Å². The van der Waals surface area contributed by atoms with Gasteiger partial charge in [-0.25, -0.2) is 4.98 Å². The molecule has 2 aromatic heterocycles. The van der Waals surface area contributed by atoms with Gasteiger partial charge in [-0.1, -0.05) is 6.92 Å². The van der Waals surface area contributed by atoms with Crippen molar-refractivity contribution in [2.24, 2.45) is 7.05 Å². The number of nitrogens with one attached hydrogen (secondary N) is 2. The predicted molar refractivity (Wildman–Crippen MR) is 71.3 cm³/mol. The molecule has 0 atom stereocenters. The summed E-state index contributed by atoms with van der Waals surface area (Å²) in [6, 6.07) is 3.93. The van der Waals surface area contributed by atoms with Gasteiger partial charge in [0.05, 0.1) is 6.54 Å². The van der Waals surface area contributed by atoms with Gasteiger partial charge in [0.1, 0.15) is 12.1 Å². The molecule has 2 N–H and O–H groups in total. The second kappa shape index (κ2) is 6.00. The van der Waals surface area contributed by atoms with E-state index in [0.29, 0.717) is 6.54 Å². The van der Waals surface area contributed by atoms with Crippen LogP contribution in [0.4, 0.5) is 11.5 Å². The molecule has 18 heavy (non-hydrogen) atoms. The molecule has 0 fully saturated rings. The minimum Gasteiger partial charge on any atom is -0.378 e. The zero-order chi connectivity index (χ0) is 12.8. The van der Waals surface area contributed by atoms with Gasteiger partial charge in [-0.3, -0.25) is 0 Å². The van der Waals surface area contributed by atoms with Crippen molar-refractivity contribution in [1.82, 2.24) is 19.7 Å². The highest BCUT2D eigenvalue weighted by molar-refractivity contribution is 5.51. The molecule has 96 valence electrons. The third-order valence-corrected chi connectivity index (χ3v) is 2.57. The molecular formula is C12H18N6. The van der Waals surface area contributed by atoms with Gasteiger partial charge >= 0.3 is 0 Å². The first-order valence-corrected chi connectivity index (χ1v) is 6.06. The molecule has 0 aromatic carbocycles. The normalized spacial score (nSPS) is 10.3. The zero-order valence-electron chi connectivity index (χ0n) is 10.7. The molecule has 0 aliphatic rings. The van der Waals surface area contributed by atoms with Crippen molar-refractivity contribution in [3.63, 3.8) is 0 Å². The number of hydrogen-bond acceptors (Lipinski definition) is 5. The van der Waals surface area contributed by atoms with E-state index in [1.165, 1.54) is 0 Å². The van der Waals surface area contributed by atoms with E-state index in [1.54, 1.807) is 12.5 Å². The van der Waals surface area contributed by atoms with Crippen molar-refractivity contribution >= 4 is 11.5 Å². The molecule has 6 heteroatoms. The monoisotopic (exact) mass is 246 g/mol. The topological polar surface area (TPSA) is 67.7 Å². The van der Waals surface area contributed by atoms with E-state index in [9.17, 15) is 0 Å². The highest BCUT2D eigenvalue weighted by Crippen LogP contribution is 2.12. The molecule has 0 aliphatic heterocycles. The molecule has 6 nitrogen and oxygen atoms in total. The van der Waals surface area contributed by atoms with Crippen molar-refractivity contribution in [1.29, 1.82) is 0 Å². The van der Waals surface area contributed by atoms with Gasteiger partial charge in [0.2, 0.25) is 0 Å². The first kappa shape index (κ1) is 12.3. The van der Waals surface area contributed by atoms with Crippen LogP contribution in [-0.2, 0) is 13.6 Å². The quantitative estimate of drug-likeness (QED) is 0.811. The number of anilines is 2. The van der Waals surface area contributed by atoms with Gasteiger partial charge in [-0.2, -0.15) is 0 Å². The number of nitrogens with zero attached hydrogens (tertiary/aromatic N) is 4. The maximum atomic E-state index is 4.26. The molecule has 2 heterocycles. The number of aryl methyl sites for hydroxylation is 1. The fourth-order valence-electron chi connectivity index (χ4n) is 1.54. The number of pyridine rings is 1. The fourth-order valence-corrected chi connectivity index (χ4v) is 1.54. The molecule has 0 spiro atoms. The average molecular weight is 246 g/mol. The lowest BCUT2D eigenvalue weighted by Gasteiger charge is -2.08. The molecule has 0 radical (unpaired) electrons. The highest BCUT2D eigenvalue weighted by atomic mass is 15.3. The highest BCUT2D eigenvalue weighted by Gasteiger charge is 2.01. The Bertz CT molecular complexity index is 493. The van der Waals surface area contributed by atoms with Crippen molar-refractivity contribution in [2.75, 3.05) is 17.2 Å². The van der Waals surface area contributed by atoms with E-state index in [2.05, 4.69) is 32.7 Å². The van der Waals surface area contributed by atoms with Gasteiger partial charge in [-0.05, 0) is 12.5 Å². The second-order valence-corrected chi connectivity index (χ2v) is 4.07. The molecule has 0 unspecified atom stereocenters. The summed E-state index contributed by atoms with van der Waals surface area (Å²) in [7, 11) is 1.93. The van der Waals surface area contributed by atoms with Crippen LogP contribution < -0.4 is 10.6 Å². The number of aromatic nitrogens is 4. The van der Waals surface area contributed by atoms with Crippen LogP contribution >= 0.6 is 0 Å². The third-order valence-electron chi connectivity index (χ3n) is 2.57. The standard InChI is InChI=1S/C12H18N6/c1-3-5-13-11-7-10(4-6-14-11)15-8-12-17-16-9-18(12)2/h4,6-7,9H,3,5,8H2,1-2H3,(H2,13,14,15). The lowest BCUT2D eigenvalue weighted by atomic mass is 10.3. The van der Waals surface area contributed by atoms with Crippen LogP contribution in [0.1, 0.15) is 19.2 Å². The Morgan fingerprint density at radius 1 is 1.33 bits per heavy atom. The molecule has 0 bridgehead atoms. The molecule has 0 aliphatic carbocycles. The maximum absolute atomic E-state index is 4.26. The average Bonchev–Trinajstić information content (AvgIpc) is 2.80. The summed E-state index contributed by atoms with van der Waals surface area (Å²) in [5.74, 6) is 1.79. The third kappa shape index (κ3) is 3.19. The molecule has 0 saturated heterocycles. The molecule has 2 aromatic rings. The largest absolute Gasteiger partial charge is 0.378 e. The lowest BCUT2D eigenvalue weighted by Crippen LogP contribution is -2.07. The Morgan fingerprint density at radius 2 is 2.22 bits per heavy atom. The van der Waals surface area contributed by atoms with E-state index in [4.69, 9.17) is 0 Å². The van der Waals surface area contributed by atoms with Gasteiger partial charge in [0.25, 0.3) is 0 Å². The van der Waals surface area contributed by atoms with Crippen molar-refractivity contribution < 1.29 is 0 Å². The van der Waals surface area contributed by atoms with Gasteiger partial charge in [0.15, 0.2) is 5.82 Å². The summed E-state index contributed by atoms with van der Waals surface area (Å²) in [6.45, 7) is 3.71. The summed E-state index contributed by atoms with van der Waals surface area (Å²) in [5.41, 5.74) is 1.02. The van der Waals surface area contributed by atoms with Crippen molar-refractivity contribution in [3.8, 4) is 0 Å². The van der Waals surface area contributed by atoms with E-state index in [0.717, 1.165) is 30.3 Å². The van der Waals surface area contributed by atoms with Gasteiger partial charge in [0, 0.05) is 31.5 Å². The smallest absolute Gasteiger partial charge is 0.151 e. The minimum absolute atomic E-state index is 0.647. The Labute approximate surface area is 106 Å². The molecule has 0 saturated carbocycles. The van der Waals surface area contributed by atoms with Crippen molar-refractivity contribution in [3.05, 3.63) is 30.5 Å². The SMILES string of the molecule is CCCNc1cc(NCc2nncn2C)ccn1. The van der Waals surface area contributed by atoms with Crippen LogP contribution in [0.5, 0.6) is 0 Å². The van der Waals surface area contributed by atoms with Crippen LogP contribution in [0, 0.1) is 0 Å². The molecular weight excluding hydrogens is 228 g/mol. The first-order chi connectivity index (χ1) is 8.79. The zero-order valence-corrected chi connectivity index (χ0v) is 10.7. The Balaban J connectivity index is 1.95. The van der Waals surface area contributed by atoms with Crippen LogP contribution in [-0.4, -0.2) is 26.3 Å². The van der Waals surface area contributed by atoms with E-state index >= 15 is 0 Å². The summed E-state index contributed by atoms with van der Waals surface area (Å²) >= 11 is 0. The van der Waals surface area contributed by atoms with Gasteiger partial charge < -0.3 is 15.2 Å². The maximum Gasteiger partial charge on any atom is 0.151 e. The van der Waals surface area contributed by atoms with E-state index in [-0.39, 0.29) is 0 Å². The number of hydrogen-bond donors (Lipinski definition) is 2. The summed E-state index contributed by atoms with van der Waals surface area (Å²) in [4.78, 5) is 4.26. The summed E-state index contributed by atoms with van der Waals surface area (Å²) < 4.78 is 1.89. The van der Waals surface area contributed by atoms with Gasteiger partial charge in [-0.15, -0.1) is 10.2 Å². The van der Waals surface area contributed by atoms with E-state index < -0.39 is 0 Å². The molecule has 2 rings (SSSR count). The first-order valence-electron chi connectivity index (χ1n) is 6.06. The summed E-state index contributed by atoms with van der Waals surface area (Å²) in [6.07, 6.45) is 4.56.